The van der Waals surface area contributed by atoms with Crippen LogP contribution >= 0.6 is 0 Å². The Labute approximate surface area is 115 Å². The van der Waals surface area contributed by atoms with Crippen LogP contribution in [0.4, 0.5) is 0 Å². The smallest absolute Gasteiger partial charge is 0.0924 e. The number of nitrogens with one attached hydrogen (secondary N) is 1. The first-order valence-electron chi connectivity index (χ1n) is 6.71. The molecule has 5 heteroatoms. The number of aromatic nitrogens is 2. The molecule has 0 spiro atoms. The maximum Gasteiger partial charge on any atom is 0.0924 e. The molecule has 1 aliphatic heterocycles. The number of hydrogen-bond donors (Lipinski definition) is 1. The lowest BCUT2D eigenvalue weighted by Gasteiger charge is -2.20. The summed E-state index contributed by atoms with van der Waals surface area (Å²) in [5.74, 6) is 2.12. The molecule has 0 radical (unpaired) electrons. The SMILES string of the molecule is CC1CN(Cc2[nH]nc3ccccc23)CCS(=O)C1. The molecule has 1 saturated heterocycles. The van der Waals surface area contributed by atoms with Gasteiger partial charge >= 0.3 is 0 Å². The monoisotopic (exact) mass is 277 g/mol. The summed E-state index contributed by atoms with van der Waals surface area (Å²) in [5.41, 5.74) is 2.18. The number of nitrogens with zero attached hydrogens (tertiary/aromatic N) is 2. The van der Waals surface area contributed by atoms with E-state index in [9.17, 15) is 4.21 Å². The Morgan fingerprint density at radius 2 is 2.32 bits per heavy atom. The summed E-state index contributed by atoms with van der Waals surface area (Å²) in [6, 6.07) is 8.18. The first kappa shape index (κ1) is 12.8. The van der Waals surface area contributed by atoms with Crippen molar-refractivity contribution in [2.75, 3.05) is 24.6 Å². The molecule has 1 fully saturated rings. The van der Waals surface area contributed by atoms with Crippen LogP contribution in [0, 0.1) is 5.92 Å². The Morgan fingerprint density at radius 3 is 3.21 bits per heavy atom. The Morgan fingerprint density at radius 1 is 1.47 bits per heavy atom. The molecule has 1 aliphatic rings. The van der Waals surface area contributed by atoms with Gasteiger partial charge in [0.15, 0.2) is 0 Å². The highest BCUT2D eigenvalue weighted by Gasteiger charge is 2.19. The molecule has 1 N–H and O–H groups in total. The molecule has 0 bridgehead atoms. The molecule has 0 aliphatic carbocycles. The van der Waals surface area contributed by atoms with Gasteiger partial charge in [-0.1, -0.05) is 25.1 Å². The molecule has 2 heterocycles. The Bertz CT molecular complexity index is 595. The van der Waals surface area contributed by atoms with Gasteiger partial charge in [0.05, 0.1) is 11.2 Å². The molecule has 3 rings (SSSR count). The van der Waals surface area contributed by atoms with Crippen LogP contribution in [0.2, 0.25) is 0 Å². The van der Waals surface area contributed by atoms with E-state index in [0.29, 0.717) is 5.92 Å². The second-order valence-corrected chi connectivity index (χ2v) is 6.99. The van der Waals surface area contributed by atoms with E-state index in [1.54, 1.807) is 0 Å². The van der Waals surface area contributed by atoms with Gasteiger partial charge in [-0.25, -0.2) is 0 Å². The molecule has 2 aromatic rings. The van der Waals surface area contributed by atoms with E-state index in [1.807, 2.05) is 18.2 Å². The summed E-state index contributed by atoms with van der Waals surface area (Å²) in [6.07, 6.45) is 0. The lowest BCUT2D eigenvalue weighted by Crippen LogP contribution is -2.28. The minimum Gasteiger partial charge on any atom is -0.296 e. The Kier molecular flexibility index (Phi) is 3.66. The molecular weight excluding hydrogens is 258 g/mol. The van der Waals surface area contributed by atoms with Crippen molar-refractivity contribution < 1.29 is 4.21 Å². The van der Waals surface area contributed by atoms with Crippen LogP contribution < -0.4 is 0 Å². The molecule has 2 atom stereocenters. The van der Waals surface area contributed by atoms with Crippen LogP contribution in [-0.2, 0) is 17.3 Å². The molecule has 0 amide bonds. The van der Waals surface area contributed by atoms with E-state index in [0.717, 1.165) is 42.4 Å². The summed E-state index contributed by atoms with van der Waals surface area (Å²) < 4.78 is 11.7. The van der Waals surface area contributed by atoms with Crippen molar-refractivity contribution in [2.45, 2.75) is 13.5 Å². The van der Waals surface area contributed by atoms with E-state index in [1.165, 1.54) is 5.39 Å². The van der Waals surface area contributed by atoms with Crippen LogP contribution in [0.3, 0.4) is 0 Å². The van der Waals surface area contributed by atoms with E-state index >= 15 is 0 Å². The Balaban J connectivity index is 1.79. The highest BCUT2D eigenvalue weighted by Crippen LogP contribution is 2.18. The standard InChI is InChI=1S/C14H19N3OS/c1-11-8-17(6-7-19(18)10-11)9-14-12-4-2-3-5-13(12)15-16-14/h2-5,11H,6-10H2,1H3,(H,15,16). The topological polar surface area (TPSA) is 49.0 Å². The van der Waals surface area contributed by atoms with Crippen molar-refractivity contribution in [2.24, 2.45) is 5.92 Å². The van der Waals surface area contributed by atoms with Crippen molar-refractivity contribution in [3.63, 3.8) is 0 Å². The van der Waals surface area contributed by atoms with E-state index < -0.39 is 10.8 Å². The molecule has 19 heavy (non-hydrogen) atoms. The second kappa shape index (κ2) is 5.43. The summed E-state index contributed by atoms with van der Waals surface area (Å²) in [7, 11) is -0.651. The maximum atomic E-state index is 11.7. The van der Waals surface area contributed by atoms with Gasteiger partial charge in [0, 0.05) is 47.3 Å². The lowest BCUT2D eigenvalue weighted by molar-refractivity contribution is 0.255. The van der Waals surface area contributed by atoms with Crippen molar-refractivity contribution in [1.82, 2.24) is 15.1 Å². The van der Waals surface area contributed by atoms with E-state index in [-0.39, 0.29) is 0 Å². The number of hydrogen-bond acceptors (Lipinski definition) is 3. The van der Waals surface area contributed by atoms with Crippen LogP contribution in [0.15, 0.2) is 24.3 Å². The molecular formula is C14H19N3OS. The number of H-pyrrole nitrogens is 1. The summed E-state index contributed by atoms with van der Waals surface area (Å²) in [5, 5.41) is 8.66. The normalized spacial score (nSPS) is 25.5. The van der Waals surface area contributed by atoms with Gasteiger partial charge in [0.1, 0.15) is 0 Å². The highest BCUT2D eigenvalue weighted by molar-refractivity contribution is 7.85. The first-order chi connectivity index (χ1) is 9.22. The Hall–Kier alpha value is -1.20. The fourth-order valence-electron chi connectivity index (χ4n) is 2.72. The quantitative estimate of drug-likeness (QED) is 0.910. The number of rotatable bonds is 2. The molecule has 102 valence electrons. The maximum absolute atomic E-state index is 11.7. The number of para-hydroxylation sites is 1. The van der Waals surface area contributed by atoms with Gasteiger partial charge in [-0.2, -0.15) is 5.10 Å². The number of benzene rings is 1. The van der Waals surface area contributed by atoms with Crippen LogP contribution in [0.1, 0.15) is 12.6 Å². The summed E-state index contributed by atoms with van der Waals surface area (Å²) in [4.78, 5) is 2.38. The predicted octanol–water partition coefficient (Wildman–Crippen LogP) is 1.76. The van der Waals surface area contributed by atoms with E-state index in [2.05, 4.69) is 28.1 Å². The molecule has 0 saturated carbocycles. The summed E-state index contributed by atoms with van der Waals surface area (Å²) in [6.45, 7) is 4.97. The zero-order chi connectivity index (χ0) is 13.2. The average Bonchev–Trinajstić information content (AvgIpc) is 2.71. The number of aromatic amines is 1. The molecule has 4 nitrogen and oxygen atoms in total. The molecule has 2 unspecified atom stereocenters. The van der Waals surface area contributed by atoms with Crippen LogP contribution in [0.25, 0.3) is 10.9 Å². The van der Waals surface area contributed by atoms with Crippen molar-refractivity contribution >= 4 is 21.7 Å². The predicted molar refractivity (Wildman–Crippen MR) is 78.4 cm³/mol. The van der Waals surface area contributed by atoms with Crippen molar-refractivity contribution in [3.8, 4) is 0 Å². The average molecular weight is 277 g/mol. The minimum absolute atomic E-state index is 0.498. The fourth-order valence-corrected chi connectivity index (χ4v) is 4.09. The zero-order valence-corrected chi connectivity index (χ0v) is 11.9. The van der Waals surface area contributed by atoms with Gasteiger partial charge in [-0.15, -0.1) is 0 Å². The van der Waals surface area contributed by atoms with Gasteiger partial charge in [-0.05, 0) is 12.0 Å². The largest absolute Gasteiger partial charge is 0.296 e. The second-order valence-electron chi connectivity index (χ2n) is 5.37. The number of fused-ring (bicyclic) bond motifs is 1. The lowest BCUT2D eigenvalue weighted by atomic mass is 10.1. The van der Waals surface area contributed by atoms with Crippen LogP contribution in [-0.4, -0.2) is 43.9 Å². The fraction of sp³-hybridized carbons (Fsp3) is 0.500. The van der Waals surface area contributed by atoms with Crippen molar-refractivity contribution in [3.05, 3.63) is 30.0 Å². The van der Waals surface area contributed by atoms with E-state index in [4.69, 9.17) is 0 Å². The third-order valence-corrected chi connectivity index (χ3v) is 5.18. The summed E-state index contributed by atoms with van der Waals surface area (Å²) >= 11 is 0. The van der Waals surface area contributed by atoms with Gasteiger partial charge < -0.3 is 0 Å². The van der Waals surface area contributed by atoms with Crippen LogP contribution in [0.5, 0.6) is 0 Å². The third-order valence-electron chi connectivity index (χ3n) is 3.60. The van der Waals surface area contributed by atoms with Gasteiger partial charge in [0.2, 0.25) is 0 Å². The molecule has 1 aromatic carbocycles. The zero-order valence-electron chi connectivity index (χ0n) is 11.1. The highest BCUT2D eigenvalue weighted by atomic mass is 32.2. The first-order valence-corrected chi connectivity index (χ1v) is 8.20. The van der Waals surface area contributed by atoms with Crippen molar-refractivity contribution in [1.29, 1.82) is 0 Å². The van der Waals surface area contributed by atoms with Gasteiger partial charge in [-0.3, -0.25) is 14.2 Å². The molecule has 1 aromatic heterocycles. The third kappa shape index (κ3) is 2.87. The minimum atomic E-state index is -0.651. The van der Waals surface area contributed by atoms with Gasteiger partial charge in [0.25, 0.3) is 0 Å².